The molecule has 0 fully saturated rings. The molecule has 0 bridgehead atoms. The predicted octanol–water partition coefficient (Wildman–Crippen LogP) is 2.93. The van der Waals surface area contributed by atoms with Crippen molar-refractivity contribution in [2.24, 2.45) is 0 Å². The van der Waals surface area contributed by atoms with E-state index in [2.05, 4.69) is 30.1 Å². The van der Waals surface area contributed by atoms with Gasteiger partial charge in [0.15, 0.2) is 0 Å². The van der Waals surface area contributed by atoms with Crippen molar-refractivity contribution in [3.8, 4) is 0 Å². The summed E-state index contributed by atoms with van der Waals surface area (Å²) >= 11 is 1.79. The molecule has 0 saturated carbocycles. The Morgan fingerprint density at radius 1 is 1.20 bits per heavy atom. The number of benzene rings is 1. The summed E-state index contributed by atoms with van der Waals surface area (Å²) in [5, 5.41) is 3.32. The van der Waals surface area contributed by atoms with Crippen molar-refractivity contribution in [1.82, 2.24) is 4.72 Å². The van der Waals surface area contributed by atoms with E-state index in [1.165, 1.54) is 0 Å². The number of thioether (sulfide) groups is 1. The third-order valence-electron chi connectivity index (χ3n) is 2.98. The van der Waals surface area contributed by atoms with Gasteiger partial charge < -0.3 is 5.32 Å². The fourth-order valence-electron chi connectivity index (χ4n) is 1.46. The van der Waals surface area contributed by atoms with Crippen LogP contribution in [0.5, 0.6) is 0 Å². The zero-order valence-electron chi connectivity index (χ0n) is 12.6. The Morgan fingerprint density at radius 3 is 2.30 bits per heavy atom. The van der Waals surface area contributed by atoms with E-state index in [4.69, 9.17) is 0 Å². The highest BCUT2D eigenvalue weighted by molar-refractivity contribution is 7.99. The summed E-state index contributed by atoms with van der Waals surface area (Å²) in [7, 11) is -3.37. The molecule has 114 valence electrons. The highest BCUT2D eigenvalue weighted by Crippen LogP contribution is 2.22. The van der Waals surface area contributed by atoms with Crippen LogP contribution in [0.25, 0.3) is 0 Å². The van der Waals surface area contributed by atoms with Crippen LogP contribution in [0.15, 0.2) is 29.2 Å². The fourth-order valence-corrected chi connectivity index (χ4v) is 2.81. The van der Waals surface area contributed by atoms with Crippen LogP contribution in [-0.4, -0.2) is 32.5 Å². The Labute approximate surface area is 126 Å². The minimum Gasteiger partial charge on any atom is -0.384 e. The van der Waals surface area contributed by atoms with Crippen molar-refractivity contribution in [2.45, 2.75) is 36.8 Å². The smallest absolute Gasteiger partial charge is 0.240 e. The molecule has 6 heteroatoms. The fraction of sp³-hybridized carbons (Fsp3) is 0.571. The number of rotatable bonds is 8. The topological polar surface area (TPSA) is 58.2 Å². The molecule has 0 atom stereocenters. The number of hydrogen-bond donors (Lipinski definition) is 2. The third kappa shape index (κ3) is 5.34. The normalized spacial score (nSPS) is 12.4. The molecule has 1 rings (SSSR count). The van der Waals surface area contributed by atoms with Gasteiger partial charge in [0.2, 0.25) is 10.0 Å². The Balaban J connectivity index is 2.69. The van der Waals surface area contributed by atoms with E-state index in [1.807, 2.05) is 6.92 Å². The molecule has 0 saturated heterocycles. The maximum Gasteiger partial charge on any atom is 0.240 e. The second kappa shape index (κ2) is 7.33. The Bertz CT molecular complexity index is 510. The van der Waals surface area contributed by atoms with Crippen molar-refractivity contribution >= 4 is 27.5 Å². The third-order valence-corrected chi connectivity index (χ3v) is 5.70. The molecule has 2 N–H and O–H groups in total. The zero-order valence-corrected chi connectivity index (χ0v) is 14.2. The molecule has 0 aromatic heterocycles. The first-order valence-corrected chi connectivity index (χ1v) is 9.40. The van der Waals surface area contributed by atoms with Gasteiger partial charge in [0.1, 0.15) is 0 Å². The lowest BCUT2D eigenvalue weighted by Crippen LogP contribution is -2.26. The van der Waals surface area contributed by atoms with Gasteiger partial charge in [0.05, 0.1) is 4.90 Å². The van der Waals surface area contributed by atoms with Gasteiger partial charge in [-0.15, -0.1) is 0 Å². The summed E-state index contributed by atoms with van der Waals surface area (Å²) in [5.41, 5.74) is 0.932. The summed E-state index contributed by atoms with van der Waals surface area (Å²) in [6.45, 7) is 7.55. The van der Waals surface area contributed by atoms with E-state index in [1.54, 1.807) is 36.0 Å². The van der Waals surface area contributed by atoms with E-state index in [0.29, 0.717) is 11.4 Å². The predicted molar refractivity (Wildman–Crippen MR) is 88.0 cm³/mol. The van der Waals surface area contributed by atoms with Gasteiger partial charge in [-0.05, 0) is 50.8 Å². The standard InChI is InChI=1S/C14H24N2O2S2/c1-5-10-16-20(17,18)13-8-6-12(7-9-13)15-11-14(2,3)19-4/h6-9,15-16H,5,10-11H2,1-4H3. The molecule has 20 heavy (non-hydrogen) atoms. The van der Waals surface area contributed by atoms with Crippen molar-refractivity contribution in [2.75, 3.05) is 24.7 Å². The maximum absolute atomic E-state index is 11.9. The lowest BCUT2D eigenvalue weighted by Gasteiger charge is -2.23. The van der Waals surface area contributed by atoms with Crippen LogP contribution in [0.2, 0.25) is 0 Å². The van der Waals surface area contributed by atoms with Crippen molar-refractivity contribution < 1.29 is 8.42 Å². The van der Waals surface area contributed by atoms with Gasteiger partial charge in [0.25, 0.3) is 0 Å². The largest absolute Gasteiger partial charge is 0.384 e. The number of hydrogen-bond acceptors (Lipinski definition) is 4. The zero-order chi connectivity index (χ0) is 15.2. The first kappa shape index (κ1) is 17.3. The van der Waals surface area contributed by atoms with Gasteiger partial charge >= 0.3 is 0 Å². The van der Waals surface area contributed by atoms with Gasteiger partial charge in [-0.3, -0.25) is 0 Å². The summed E-state index contributed by atoms with van der Waals surface area (Å²) in [6.07, 6.45) is 2.86. The van der Waals surface area contributed by atoms with Crippen LogP contribution in [0.4, 0.5) is 5.69 Å². The molecule has 0 heterocycles. The van der Waals surface area contributed by atoms with Crippen molar-refractivity contribution in [1.29, 1.82) is 0 Å². The molecular formula is C14H24N2O2S2. The average Bonchev–Trinajstić information content (AvgIpc) is 2.43. The van der Waals surface area contributed by atoms with Crippen LogP contribution in [0.3, 0.4) is 0 Å². The van der Waals surface area contributed by atoms with E-state index < -0.39 is 10.0 Å². The van der Waals surface area contributed by atoms with Crippen molar-refractivity contribution in [3.05, 3.63) is 24.3 Å². The van der Waals surface area contributed by atoms with E-state index >= 15 is 0 Å². The number of nitrogens with one attached hydrogen (secondary N) is 2. The quantitative estimate of drug-likeness (QED) is 0.774. The van der Waals surface area contributed by atoms with Gasteiger partial charge in [-0.2, -0.15) is 11.8 Å². The molecule has 4 nitrogen and oxygen atoms in total. The van der Waals surface area contributed by atoms with Crippen LogP contribution in [-0.2, 0) is 10.0 Å². The SMILES string of the molecule is CCCNS(=O)(=O)c1ccc(NCC(C)(C)SC)cc1. The monoisotopic (exact) mass is 316 g/mol. The lowest BCUT2D eigenvalue weighted by atomic mass is 10.2. The average molecular weight is 316 g/mol. The van der Waals surface area contributed by atoms with Crippen LogP contribution < -0.4 is 10.0 Å². The Hall–Kier alpha value is -0.720. The molecule has 0 amide bonds. The molecule has 0 radical (unpaired) electrons. The summed E-state index contributed by atoms with van der Waals surface area (Å²) in [4.78, 5) is 0.306. The van der Waals surface area contributed by atoms with Crippen LogP contribution >= 0.6 is 11.8 Å². The van der Waals surface area contributed by atoms with E-state index in [0.717, 1.165) is 18.7 Å². The number of anilines is 1. The second-order valence-electron chi connectivity index (χ2n) is 5.24. The molecule has 0 unspecified atom stereocenters. The molecule has 0 aliphatic rings. The first-order chi connectivity index (χ1) is 9.30. The van der Waals surface area contributed by atoms with Crippen molar-refractivity contribution in [3.63, 3.8) is 0 Å². The maximum atomic E-state index is 11.9. The van der Waals surface area contributed by atoms with E-state index in [9.17, 15) is 8.42 Å². The lowest BCUT2D eigenvalue weighted by molar-refractivity contribution is 0.581. The minimum atomic E-state index is -3.37. The molecule has 1 aromatic rings. The van der Waals surface area contributed by atoms with Crippen LogP contribution in [0.1, 0.15) is 27.2 Å². The molecular weight excluding hydrogens is 292 g/mol. The highest BCUT2D eigenvalue weighted by atomic mass is 32.2. The highest BCUT2D eigenvalue weighted by Gasteiger charge is 2.16. The molecule has 1 aromatic carbocycles. The summed E-state index contributed by atoms with van der Waals surface area (Å²) in [5.74, 6) is 0. The van der Waals surface area contributed by atoms with Gasteiger partial charge in [0, 0.05) is 23.5 Å². The van der Waals surface area contributed by atoms with Crippen LogP contribution in [0, 0.1) is 0 Å². The van der Waals surface area contributed by atoms with Gasteiger partial charge in [-0.1, -0.05) is 6.92 Å². The molecule has 0 spiro atoms. The van der Waals surface area contributed by atoms with Gasteiger partial charge in [-0.25, -0.2) is 13.1 Å². The Kier molecular flexibility index (Phi) is 6.36. The summed E-state index contributed by atoms with van der Waals surface area (Å²) < 4.78 is 26.6. The Morgan fingerprint density at radius 2 is 1.80 bits per heavy atom. The number of sulfonamides is 1. The minimum absolute atomic E-state index is 0.146. The first-order valence-electron chi connectivity index (χ1n) is 6.69. The molecule has 0 aliphatic carbocycles. The second-order valence-corrected chi connectivity index (χ2v) is 8.52. The van der Waals surface area contributed by atoms with E-state index in [-0.39, 0.29) is 4.75 Å². The molecule has 0 aliphatic heterocycles. The summed E-state index contributed by atoms with van der Waals surface area (Å²) in [6, 6.07) is 6.87.